The zero-order valence-electron chi connectivity index (χ0n) is 15.6. The molecule has 0 radical (unpaired) electrons. The van der Waals surface area contributed by atoms with Gasteiger partial charge in [0.1, 0.15) is 17.1 Å². The van der Waals surface area contributed by atoms with Crippen molar-refractivity contribution < 1.29 is 14.3 Å². The number of anilines is 1. The molecule has 0 fully saturated rings. The van der Waals surface area contributed by atoms with Gasteiger partial charge in [0.2, 0.25) is 0 Å². The van der Waals surface area contributed by atoms with Crippen LogP contribution in [0.15, 0.2) is 54.6 Å². The summed E-state index contributed by atoms with van der Waals surface area (Å²) in [6.45, 7) is 7.20. The number of carbonyl (C=O) groups excluding carboxylic acids is 1. The number of ether oxygens (including phenoxy) is 2. The van der Waals surface area contributed by atoms with Crippen molar-refractivity contribution in [2.75, 3.05) is 18.1 Å². The van der Waals surface area contributed by atoms with Crippen LogP contribution < -0.4 is 14.4 Å². The molecule has 1 heterocycles. The largest absolute Gasteiger partial charge is 0.493 e. The number of hydrogen-bond acceptors (Lipinski definition) is 3. The van der Waals surface area contributed by atoms with Gasteiger partial charge in [0, 0.05) is 11.6 Å². The van der Waals surface area contributed by atoms with Gasteiger partial charge in [-0.05, 0) is 44.5 Å². The van der Waals surface area contributed by atoms with Crippen molar-refractivity contribution in [3.8, 4) is 11.5 Å². The molecule has 2 aromatic rings. The number of amides is 1. The molecule has 0 spiro atoms. The zero-order chi connectivity index (χ0) is 18.6. The zero-order valence-corrected chi connectivity index (χ0v) is 15.6. The number of benzene rings is 2. The van der Waals surface area contributed by atoms with Gasteiger partial charge in [0.15, 0.2) is 0 Å². The lowest BCUT2D eigenvalue weighted by Crippen LogP contribution is -2.48. The van der Waals surface area contributed by atoms with Crippen LogP contribution >= 0.6 is 0 Å². The standard InChI is InChI=1S/C22H25NO3/c1-4-15-25-19-11-7-5-9-17(19)13-14-21(24)23-16-22(2,3)26-20-12-8-6-10-18(20)23/h5-14H,4,15-16H2,1-3H3/b14-13+. The highest BCUT2D eigenvalue weighted by Crippen LogP contribution is 2.36. The van der Waals surface area contributed by atoms with E-state index in [1.165, 1.54) is 0 Å². The monoisotopic (exact) mass is 351 g/mol. The molecule has 1 aliphatic heterocycles. The lowest BCUT2D eigenvalue weighted by Gasteiger charge is -2.39. The van der Waals surface area contributed by atoms with Crippen LogP contribution in [0, 0.1) is 0 Å². The molecule has 0 N–H and O–H groups in total. The maximum atomic E-state index is 12.9. The number of fused-ring (bicyclic) bond motifs is 1. The van der Waals surface area contributed by atoms with Crippen LogP contribution in [0.25, 0.3) is 6.08 Å². The molecule has 0 unspecified atom stereocenters. The fourth-order valence-corrected chi connectivity index (χ4v) is 2.97. The third-order valence-corrected chi connectivity index (χ3v) is 4.13. The predicted molar refractivity (Wildman–Crippen MR) is 105 cm³/mol. The lowest BCUT2D eigenvalue weighted by molar-refractivity contribution is -0.115. The van der Waals surface area contributed by atoms with E-state index in [-0.39, 0.29) is 5.91 Å². The van der Waals surface area contributed by atoms with E-state index < -0.39 is 5.60 Å². The highest BCUT2D eigenvalue weighted by molar-refractivity contribution is 6.05. The Morgan fingerprint density at radius 1 is 1.19 bits per heavy atom. The van der Waals surface area contributed by atoms with Crippen molar-refractivity contribution in [2.24, 2.45) is 0 Å². The Kier molecular flexibility index (Phi) is 5.31. The van der Waals surface area contributed by atoms with Crippen molar-refractivity contribution in [1.82, 2.24) is 0 Å². The fraction of sp³-hybridized carbons (Fsp3) is 0.318. The average Bonchev–Trinajstić information content (AvgIpc) is 2.63. The first-order valence-electron chi connectivity index (χ1n) is 8.99. The van der Waals surface area contributed by atoms with Gasteiger partial charge in [-0.1, -0.05) is 37.3 Å². The minimum Gasteiger partial charge on any atom is -0.493 e. The summed E-state index contributed by atoms with van der Waals surface area (Å²) in [7, 11) is 0. The third kappa shape index (κ3) is 4.07. The van der Waals surface area contributed by atoms with Gasteiger partial charge < -0.3 is 14.4 Å². The van der Waals surface area contributed by atoms with E-state index >= 15 is 0 Å². The van der Waals surface area contributed by atoms with E-state index in [0.717, 1.165) is 29.2 Å². The maximum Gasteiger partial charge on any atom is 0.251 e. The highest BCUT2D eigenvalue weighted by atomic mass is 16.5. The van der Waals surface area contributed by atoms with Crippen molar-refractivity contribution in [3.05, 3.63) is 60.2 Å². The summed E-state index contributed by atoms with van der Waals surface area (Å²) in [4.78, 5) is 14.7. The molecule has 4 nitrogen and oxygen atoms in total. The fourth-order valence-electron chi connectivity index (χ4n) is 2.97. The Bertz CT molecular complexity index is 811. The second kappa shape index (κ2) is 7.65. The quantitative estimate of drug-likeness (QED) is 0.734. The molecule has 0 saturated heterocycles. The first-order chi connectivity index (χ1) is 12.5. The molecule has 0 bridgehead atoms. The molecule has 0 atom stereocenters. The van der Waals surface area contributed by atoms with Crippen molar-refractivity contribution in [1.29, 1.82) is 0 Å². The van der Waals surface area contributed by atoms with E-state index in [4.69, 9.17) is 9.47 Å². The summed E-state index contributed by atoms with van der Waals surface area (Å²) in [6, 6.07) is 15.4. The van der Waals surface area contributed by atoms with Crippen LogP contribution in [0.4, 0.5) is 5.69 Å². The summed E-state index contributed by atoms with van der Waals surface area (Å²) >= 11 is 0. The van der Waals surface area contributed by atoms with Crippen molar-refractivity contribution in [2.45, 2.75) is 32.8 Å². The summed E-state index contributed by atoms with van der Waals surface area (Å²) in [5.41, 5.74) is 1.27. The van der Waals surface area contributed by atoms with Crippen LogP contribution in [-0.2, 0) is 4.79 Å². The molecule has 26 heavy (non-hydrogen) atoms. The van der Waals surface area contributed by atoms with Crippen LogP contribution in [0.2, 0.25) is 0 Å². The van der Waals surface area contributed by atoms with E-state index in [1.54, 1.807) is 11.0 Å². The van der Waals surface area contributed by atoms with Gasteiger partial charge in [-0.15, -0.1) is 0 Å². The van der Waals surface area contributed by atoms with E-state index in [1.807, 2.05) is 68.5 Å². The summed E-state index contributed by atoms with van der Waals surface area (Å²) in [5, 5.41) is 0. The highest BCUT2D eigenvalue weighted by Gasteiger charge is 2.33. The Labute approximate surface area is 155 Å². The van der Waals surface area contributed by atoms with Crippen LogP contribution in [-0.4, -0.2) is 24.7 Å². The molecule has 0 saturated carbocycles. The van der Waals surface area contributed by atoms with Crippen molar-refractivity contribution >= 4 is 17.7 Å². The number of nitrogens with zero attached hydrogens (tertiary/aromatic N) is 1. The second-order valence-corrected chi connectivity index (χ2v) is 6.97. The summed E-state index contributed by atoms with van der Waals surface area (Å²) in [6.07, 6.45) is 4.36. The number of para-hydroxylation sites is 3. The minimum atomic E-state index is -0.431. The molecule has 136 valence electrons. The van der Waals surface area contributed by atoms with Gasteiger partial charge in [0.05, 0.1) is 18.8 Å². The number of carbonyl (C=O) groups is 1. The SMILES string of the molecule is CCCOc1ccccc1/C=C/C(=O)N1CC(C)(C)Oc2ccccc21. The maximum absolute atomic E-state index is 12.9. The van der Waals surface area contributed by atoms with E-state index in [0.29, 0.717) is 13.2 Å². The minimum absolute atomic E-state index is 0.0703. The first kappa shape index (κ1) is 18.1. The Balaban J connectivity index is 1.83. The molecule has 3 rings (SSSR count). The lowest BCUT2D eigenvalue weighted by atomic mass is 10.0. The summed E-state index contributed by atoms with van der Waals surface area (Å²) in [5.74, 6) is 1.46. The molecule has 2 aromatic carbocycles. The van der Waals surface area contributed by atoms with Gasteiger partial charge in [0.25, 0.3) is 5.91 Å². The molecule has 0 aliphatic carbocycles. The molecule has 1 amide bonds. The van der Waals surface area contributed by atoms with E-state index in [9.17, 15) is 4.79 Å². The molecule has 0 aromatic heterocycles. The van der Waals surface area contributed by atoms with Gasteiger partial charge in [-0.2, -0.15) is 0 Å². The second-order valence-electron chi connectivity index (χ2n) is 6.97. The van der Waals surface area contributed by atoms with Crippen LogP contribution in [0.1, 0.15) is 32.8 Å². The molecule has 1 aliphatic rings. The van der Waals surface area contributed by atoms with Gasteiger partial charge in [-0.3, -0.25) is 4.79 Å². The smallest absolute Gasteiger partial charge is 0.251 e. The van der Waals surface area contributed by atoms with Crippen LogP contribution in [0.3, 0.4) is 0 Å². The Hall–Kier alpha value is -2.75. The van der Waals surface area contributed by atoms with Crippen LogP contribution in [0.5, 0.6) is 11.5 Å². The number of hydrogen-bond donors (Lipinski definition) is 0. The Morgan fingerprint density at radius 2 is 1.92 bits per heavy atom. The van der Waals surface area contributed by atoms with Gasteiger partial charge in [-0.25, -0.2) is 0 Å². The first-order valence-corrected chi connectivity index (χ1v) is 8.99. The van der Waals surface area contributed by atoms with Gasteiger partial charge >= 0.3 is 0 Å². The normalized spacial score (nSPS) is 15.4. The third-order valence-electron chi connectivity index (χ3n) is 4.13. The predicted octanol–water partition coefficient (Wildman–Crippen LogP) is 4.69. The molecular weight excluding hydrogens is 326 g/mol. The number of rotatable bonds is 5. The Morgan fingerprint density at radius 3 is 2.73 bits per heavy atom. The molecule has 4 heteroatoms. The topological polar surface area (TPSA) is 38.8 Å². The summed E-state index contributed by atoms with van der Waals surface area (Å²) < 4.78 is 11.7. The van der Waals surface area contributed by atoms with E-state index in [2.05, 4.69) is 6.92 Å². The van der Waals surface area contributed by atoms with Crippen molar-refractivity contribution in [3.63, 3.8) is 0 Å². The molecular formula is C22H25NO3. The average molecular weight is 351 g/mol.